The van der Waals surface area contributed by atoms with Gasteiger partial charge in [0.2, 0.25) is 6.71 Å². The third-order valence-corrected chi connectivity index (χ3v) is 11.8. The zero-order valence-corrected chi connectivity index (χ0v) is 25.1. The SMILES string of the molecule is [C-]#[N+]c1cc(C#N)cc(C#N)c1-c1cc2c3c(c1)-c1cccc4sc5cccc(c5c14)B3c1cccc3sc4cccc-2c4c13. The van der Waals surface area contributed by atoms with E-state index in [0.717, 1.165) is 16.7 Å². The van der Waals surface area contributed by atoms with Gasteiger partial charge in [-0.3, -0.25) is 0 Å². The lowest BCUT2D eigenvalue weighted by Gasteiger charge is -2.23. The van der Waals surface area contributed by atoms with Gasteiger partial charge in [0.05, 0.1) is 24.3 Å². The Hall–Kier alpha value is -5.71. The summed E-state index contributed by atoms with van der Waals surface area (Å²) in [5.74, 6) is 0. The molecule has 45 heavy (non-hydrogen) atoms. The normalized spacial score (nSPS) is 12.3. The summed E-state index contributed by atoms with van der Waals surface area (Å²) >= 11 is 3.67. The molecule has 6 aromatic carbocycles. The smallest absolute Gasteiger partial charge is 0.237 e. The van der Waals surface area contributed by atoms with Gasteiger partial charge in [-0.25, -0.2) is 4.85 Å². The molecule has 202 valence electrons. The molecule has 0 saturated carbocycles. The van der Waals surface area contributed by atoms with E-state index in [9.17, 15) is 10.5 Å². The van der Waals surface area contributed by atoms with Crippen LogP contribution in [0.3, 0.4) is 0 Å². The van der Waals surface area contributed by atoms with Crippen LogP contribution in [0.15, 0.2) is 97.1 Å². The summed E-state index contributed by atoms with van der Waals surface area (Å²) in [4.78, 5) is 3.84. The Bertz CT molecular complexity index is 2640. The molecule has 0 aliphatic carbocycles. The fourth-order valence-electron chi connectivity index (χ4n) is 7.92. The highest BCUT2D eigenvalue weighted by molar-refractivity contribution is 7.27. The summed E-state index contributed by atoms with van der Waals surface area (Å²) in [6.07, 6.45) is 0. The zero-order chi connectivity index (χ0) is 30.0. The molecule has 2 aliphatic heterocycles. The first kappa shape index (κ1) is 24.7. The Balaban J connectivity index is 1.47. The van der Waals surface area contributed by atoms with Crippen molar-refractivity contribution in [3.63, 3.8) is 0 Å². The van der Waals surface area contributed by atoms with Crippen LogP contribution in [0.4, 0.5) is 5.69 Å². The predicted molar refractivity (Wildman–Crippen MR) is 189 cm³/mol. The van der Waals surface area contributed by atoms with Crippen LogP contribution in [-0.4, -0.2) is 6.71 Å². The second-order valence-electron chi connectivity index (χ2n) is 11.7. The van der Waals surface area contributed by atoms with E-state index in [1.165, 1.54) is 67.9 Å². The van der Waals surface area contributed by atoms with Crippen LogP contribution in [-0.2, 0) is 0 Å². The van der Waals surface area contributed by atoms with E-state index in [-0.39, 0.29) is 6.71 Å². The van der Waals surface area contributed by atoms with Gasteiger partial charge in [-0.1, -0.05) is 64.9 Å². The van der Waals surface area contributed by atoms with Crippen LogP contribution in [0.25, 0.3) is 78.6 Å². The largest absolute Gasteiger partial charge is 0.244 e. The first-order valence-corrected chi connectivity index (χ1v) is 16.2. The number of nitrogens with zero attached hydrogens (tertiary/aromatic N) is 3. The van der Waals surface area contributed by atoms with Crippen LogP contribution in [0.5, 0.6) is 0 Å². The number of nitriles is 2. The third-order valence-electron chi connectivity index (χ3n) is 9.56. The van der Waals surface area contributed by atoms with E-state index in [1.54, 1.807) is 12.1 Å². The van der Waals surface area contributed by atoms with E-state index >= 15 is 0 Å². The first-order chi connectivity index (χ1) is 22.2. The highest BCUT2D eigenvalue weighted by Crippen LogP contribution is 2.47. The molecule has 0 saturated heterocycles. The van der Waals surface area contributed by atoms with Crippen molar-refractivity contribution in [1.29, 1.82) is 10.5 Å². The van der Waals surface area contributed by atoms with Crippen molar-refractivity contribution in [1.82, 2.24) is 0 Å². The summed E-state index contributed by atoms with van der Waals surface area (Å²) in [6.45, 7) is 8.05. The molecule has 8 aromatic rings. The van der Waals surface area contributed by atoms with Crippen molar-refractivity contribution in [2.24, 2.45) is 0 Å². The number of fused-ring (bicyclic) bond motifs is 4. The van der Waals surface area contributed by atoms with Crippen molar-refractivity contribution >= 4 is 91.8 Å². The minimum atomic E-state index is -0.0106. The molecular weight excluding hydrogens is 585 g/mol. The van der Waals surface area contributed by atoms with Crippen molar-refractivity contribution in [3.8, 4) is 45.5 Å². The maximum atomic E-state index is 10.3. The zero-order valence-electron chi connectivity index (χ0n) is 23.5. The van der Waals surface area contributed by atoms with Crippen molar-refractivity contribution < 1.29 is 0 Å². The minimum Gasteiger partial charge on any atom is -0.237 e. The van der Waals surface area contributed by atoms with Gasteiger partial charge < -0.3 is 0 Å². The number of rotatable bonds is 1. The summed E-state index contributed by atoms with van der Waals surface area (Å²) in [6, 6.07) is 38.7. The van der Waals surface area contributed by atoms with E-state index in [1.807, 2.05) is 22.7 Å². The predicted octanol–water partition coefficient (Wildman–Crippen LogP) is 8.86. The lowest BCUT2D eigenvalue weighted by Crippen LogP contribution is -2.52. The Kier molecular flexibility index (Phi) is 4.77. The van der Waals surface area contributed by atoms with Crippen molar-refractivity contribution in [2.75, 3.05) is 0 Å². The fraction of sp³-hybridized carbons (Fsp3) is 0. The van der Waals surface area contributed by atoms with Gasteiger partial charge in [-0.05, 0) is 87.1 Å². The molecule has 3 nitrogen and oxygen atoms in total. The molecule has 2 aromatic heterocycles. The molecule has 2 aliphatic rings. The van der Waals surface area contributed by atoms with E-state index in [0.29, 0.717) is 22.4 Å². The van der Waals surface area contributed by atoms with Gasteiger partial charge in [0.25, 0.3) is 0 Å². The molecule has 0 fully saturated rings. The molecule has 10 rings (SSSR count). The lowest BCUT2D eigenvalue weighted by atomic mass is 9.35. The number of thiophene rings is 2. The average Bonchev–Trinajstić information content (AvgIpc) is 3.59. The van der Waals surface area contributed by atoms with Crippen molar-refractivity contribution in [3.05, 3.63) is 120 Å². The molecule has 0 N–H and O–H groups in total. The van der Waals surface area contributed by atoms with Crippen LogP contribution in [0, 0.1) is 29.2 Å². The van der Waals surface area contributed by atoms with Crippen LogP contribution < -0.4 is 16.4 Å². The first-order valence-electron chi connectivity index (χ1n) is 14.6. The average molecular weight is 602 g/mol. The second kappa shape index (κ2) is 8.69. The fourth-order valence-corrected chi connectivity index (χ4v) is 10.3. The molecule has 0 radical (unpaired) electrons. The van der Waals surface area contributed by atoms with E-state index < -0.39 is 0 Å². The van der Waals surface area contributed by atoms with Crippen LogP contribution >= 0.6 is 22.7 Å². The Morgan fingerprint density at radius 1 is 0.600 bits per heavy atom. The highest BCUT2D eigenvalue weighted by Gasteiger charge is 2.38. The molecule has 0 spiro atoms. The maximum Gasteiger partial charge on any atom is 0.244 e. The topological polar surface area (TPSA) is 51.9 Å². The summed E-state index contributed by atoms with van der Waals surface area (Å²) in [5.41, 5.74) is 10.9. The molecule has 6 heteroatoms. The van der Waals surface area contributed by atoms with Gasteiger partial charge in [0.15, 0.2) is 5.69 Å². The third kappa shape index (κ3) is 3.06. The molecule has 0 atom stereocenters. The molecular formula is C39H16BN3S2. The number of benzene rings is 6. The standard InChI is InChI=1S/C39H16BN3S2/c1-43-29-15-20(18-41)14-22(19-42)34(29)21-16-25-23-6-2-10-30-35(23)37-27(8-4-12-32(37)44-30)40-28-9-5-13-33-38(28)36-24(26(17-21)39(25)40)7-3-11-31(36)45-33/h2-17H. The summed E-state index contributed by atoms with van der Waals surface area (Å²) < 4.78 is 5.06. The summed E-state index contributed by atoms with van der Waals surface area (Å²) in [5, 5.41) is 25.1. The second-order valence-corrected chi connectivity index (χ2v) is 13.8. The number of hydrogen-bond acceptors (Lipinski definition) is 4. The van der Waals surface area contributed by atoms with Gasteiger partial charge in [-0.15, -0.1) is 22.7 Å². The van der Waals surface area contributed by atoms with Gasteiger partial charge in [-0.2, -0.15) is 10.5 Å². The van der Waals surface area contributed by atoms with E-state index in [4.69, 9.17) is 6.57 Å². The molecule has 0 unspecified atom stereocenters. The van der Waals surface area contributed by atoms with Crippen LogP contribution in [0.1, 0.15) is 11.1 Å². The van der Waals surface area contributed by atoms with Gasteiger partial charge in [0, 0.05) is 40.7 Å². The number of hydrogen-bond donors (Lipinski definition) is 0. The maximum absolute atomic E-state index is 10.3. The Labute approximate surface area is 266 Å². The van der Waals surface area contributed by atoms with E-state index in [2.05, 4.69) is 102 Å². The molecule has 4 heterocycles. The highest BCUT2D eigenvalue weighted by atomic mass is 32.1. The quantitative estimate of drug-likeness (QED) is 0.139. The van der Waals surface area contributed by atoms with Gasteiger partial charge >= 0.3 is 0 Å². The monoisotopic (exact) mass is 601 g/mol. The molecule has 0 amide bonds. The van der Waals surface area contributed by atoms with Crippen LogP contribution in [0.2, 0.25) is 0 Å². The lowest BCUT2D eigenvalue weighted by molar-refractivity contribution is 1.45. The van der Waals surface area contributed by atoms with Gasteiger partial charge in [0.1, 0.15) is 0 Å². The summed E-state index contributed by atoms with van der Waals surface area (Å²) in [7, 11) is 0. The van der Waals surface area contributed by atoms with Crippen molar-refractivity contribution in [2.45, 2.75) is 0 Å². The molecule has 0 bridgehead atoms. The Morgan fingerprint density at radius 3 is 1.64 bits per heavy atom. The minimum absolute atomic E-state index is 0.0106. The Morgan fingerprint density at radius 2 is 1.13 bits per heavy atom.